The van der Waals surface area contributed by atoms with E-state index >= 15 is 0 Å². The Morgan fingerprint density at radius 2 is 2.18 bits per heavy atom. The molecule has 2 rings (SSSR count). The predicted octanol–water partition coefficient (Wildman–Crippen LogP) is 2.71. The largest absolute Gasteiger partial charge is 0.383 e. The lowest BCUT2D eigenvalue weighted by molar-refractivity contribution is 0.180. The summed E-state index contributed by atoms with van der Waals surface area (Å²) in [5.74, 6) is 2.73. The van der Waals surface area contributed by atoms with Crippen molar-refractivity contribution in [3.8, 4) is 0 Å². The van der Waals surface area contributed by atoms with Gasteiger partial charge in [-0.1, -0.05) is 6.92 Å². The lowest BCUT2D eigenvalue weighted by atomic mass is 10.1. The summed E-state index contributed by atoms with van der Waals surface area (Å²) in [7, 11) is 1.67. The minimum absolute atomic E-state index is 0.472. The summed E-state index contributed by atoms with van der Waals surface area (Å²) in [6.45, 7) is 2.78. The van der Waals surface area contributed by atoms with Crippen LogP contribution in [-0.4, -0.2) is 17.1 Å². The molecule has 1 aliphatic rings. The number of hydrogen-bond acceptors (Lipinski definition) is 4. The van der Waals surface area contributed by atoms with Crippen LogP contribution in [0, 0.1) is 9.49 Å². The van der Waals surface area contributed by atoms with E-state index in [4.69, 9.17) is 10.5 Å². The third kappa shape index (κ3) is 2.88. The highest BCUT2D eigenvalue weighted by atomic mass is 127. The molecule has 4 nitrogen and oxygen atoms in total. The fourth-order valence-electron chi connectivity index (χ4n) is 2.39. The van der Waals surface area contributed by atoms with Gasteiger partial charge >= 0.3 is 0 Å². The van der Waals surface area contributed by atoms with Gasteiger partial charge in [0, 0.05) is 13.0 Å². The van der Waals surface area contributed by atoms with E-state index in [-0.39, 0.29) is 0 Å². The Morgan fingerprint density at radius 1 is 1.41 bits per heavy atom. The van der Waals surface area contributed by atoms with Gasteiger partial charge in [0.25, 0.3) is 0 Å². The molecule has 0 aliphatic heterocycles. The highest BCUT2D eigenvalue weighted by Crippen LogP contribution is 2.37. The van der Waals surface area contributed by atoms with Crippen molar-refractivity contribution in [1.82, 2.24) is 9.97 Å². The summed E-state index contributed by atoms with van der Waals surface area (Å²) in [6, 6.07) is 0. The van der Waals surface area contributed by atoms with Gasteiger partial charge in [-0.15, -0.1) is 0 Å². The Bertz CT molecular complexity index is 411. The van der Waals surface area contributed by atoms with E-state index in [1.165, 1.54) is 19.3 Å². The number of anilines is 1. The van der Waals surface area contributed by atoms with Gasteiger partial charge in [0.05, 0.1) is 15.9 Å². The van der Waals surface area contributed by atoms with Crippen molar-refractivity contribution >= 4 is 28.4 Å². The van der Waals surface area contributed by atoms with Crippen LogP contribution in [0.4, 0.5) is 5.82 Å². The zero-order chi connectivity index (χ0) is 12.4. The van der Waals surface area contributed by atoms with Gasteiger partial charge in [-0.05, 0) is 47.8 Å². The highest BCUT2D eigenvalue weighted by Gasteiger charge is 2.26. The minimum Gasteiger partial charge on any atom is -0.383 e. The van der Waals surface area contributed by atoms with Gasteiger partial charge < -0.3 is 10.5 Å². The second-order valence-corrected chi connectivity index (χ2v) is 5.85. The molecule has 0 bridgehead atoms. The molecule has 2 N–H and O–H groups in total. The van der Waals surface area contributed by atoms with Gasteiger partial charge in [0.1, 0.15) is 11.6 Å². The average molecular weight is 347 g/mol. The topological polar surface area (TPSA) is 61.0 Å². The number of ether oxygens (including phenoxy) is 1. The first-order valence-corrected chi connectivity index (χ1v) is 7.00. The van der Waals surface area contributed by atoms with E-state index in [0.717, 1.165) is 21.0 Å². The van der Waals surface area contributed by atoms with Crippen LogP contribution in [0.2, 0.25) is 0 Å². The molecule has 1 aliphatic carbocycles. The summed E-state index contributed by atoms with van der Waals surface area (Å²) in [6.07, 6.45) is 3.61. The number of hydrogen-bond donors (Lipinski definition) is 1. The molecule has 1 aromatic rings. The fraction of sp³-hybridized carbons (Fsp3) is 0.667. The van der Waals surface area contributed by atoms with E-state index in [9.17, 15) is 0 Å². The van der Waals surface area contributed by atoms with E-state index in [1.54, 1.807) is 7.11 Å². The predicted molar refractivity (Wildman–Crippen MR) is 75.6 cm³/mol. The van der Waals surface area contributed by atoms with Gasteiger partial charge in [-0.2, -0.15) is 0 Å². The highest BCUT2D eigenvalue weighted by molar-refractivity contribution is 14.1. The zero-order valence-corrected chi connectivity index (χ0v) is 12.4. The molecule has 2 atom stereocenters. The zero-order valence-electron chi connectivity index (χ0n) is 10.2. The number of nitrogens with two attached hydrogens (primary N) is 1. The number of halogens is 1. The summed E-state index contributed by atoms with van der Waals surface area (Å²) < 4.78 is 6.07. The minimum atomic E-state index is 0.472. The molecule has 0 saturated heterocycles. The molecule has 0 radical (unpaired) electrons. The molecule has 0 amide bonds. The molecule has 1 aromatic heterocycles. The average Bonchev–Trinajstić information content (AvgIpc) is 2.71. The number of aromatic nitrogens is 2. The molecule has 94 valence electrons. The van der Waals surface area contributed by atoms with Crippen molar-refractivity contribution < 1.29 is 4.74 Å². The number of nitrogen functional groups attached to an aromatic ring is 1. The van der Waals surface area contributed by atoms with E-state index in [1.807, 2.05) is 0 Å². The first-order valence-electron chi connectivity index (χ1n) is 5.92. The molecular formula is C12H18IN3O. The van der Waals surface area contributed by atoms with E-state index < -0.39 is 0 Å². The summed E-state index contributed by atoms with van der Waals surface area (Å²) >= 11 is 2.18. The smallest absolute Gasteiger partial charge is 0.141 e. The third-order valence-electron chi connectivity index (χ3n) is 3.30. The van der Waals surface area contributed by atoms with Crippen molar-refractivity contribution in [1.29, 1.82) is 0 Å². The molecule has 17 heavy (non-hydrogen) atoms. The maximum absolute atomic E-state index is 5.94. The second-order valence-electron chi connectivity index (χ2n) is 4.78. The summed E-state index contributed by atoms with van der Waals surface area (Å²) in [4.78, 5) is 9.05. The van der Waals surface area contributed by atoms with E-state index in [2.05, 4.69) is 39.5 Å². The van der Waals surface area contributed by atoms with Crippen LogP contribution in [0.15, 0.2) is 0 Å². The Hall–Kier alpha value is -0.430. The van der Waals surface area contributed by atoms with Crippen LogP contribution >= 0.6 is 22.6 Å². The molecular weight excluding hydrogens is 329 g/mol. The SMILES string of the molecule is COCc1nc(C2CCC(C)C2)nc(N)c1I. The molecule has 2 unspecified atom stereocenters. The van der Waals surface area contributed by atoms with E-state index in [0.29, 0.717) is 18.3 Å². The summed E-state index contributed by atoms with van der Waals surface area (Å²) in [5.41, 5.74) is 6.85. The van der Waals surface area contributed by atoms with Crippen molar-refractivity contribution in [2.75, 3.05) is 12.8 Å². The quantitative estimate of drug-likeness (QED) is 0.854. The van der Waals surface area contributed by atoms with Crippen molar-refractivity contribution in [3.05, 3.63) is 15.1 Å². The Labute approximate surface area is 115 Å². The molecule has 0 spiro atoms. The molecule has 1 heterocycles. The van der Waals surface area contributed by atoms with Crippen LogP contribution in [0.5, 0.6) is 0 Å². The van der Waals surface area contributed by atoms with Crippen LogP contribution in [0.25, 0.3) is 0 Å². The maximum Gasteiger partial charge on any atom is 0.141 e. The normalized spacial score (nSPS) is 24.2. The monoisotopic (exact) mass is 347 g/mol. The standard InChI is InChI=1S/C12H18IN3O/c1-7-3-4-8(5-7)12-15-9(6-17-2)10(13)11(14)16-12/h7-8H,3-6H2,1-2H3,(H2,14,15,16). The maximum atomic E-state index is 5.94. The van der Waals surface area contributed by atoms with Gasteiger partial charge in [-0.25, -0.2) is 9.97 Å². The van der Waals surface area contributed by atoms with Crippen LogP contribution in [0.3, 0.4) is 0 Å². The number of nitrogens with zero attached hydrogens (tertiary/aromatic N) is 2. The molecule has 1 fully saturated rings. The number of rotatable bonds is 3. The van der Waals surface area contributed by atoms with Crippen molar-refractivity contribution in [3.63, 3.8) is 0 Å². The Balaban J connectivity index is 2.28. The lowest BCUT2D eigenvalue weighted by Gasteiger charge is -2.12. The van der Waals surface area contributed by atoms with Gasteiger partial charge in [-0.3, -0.25) is 0 Å². The van der Waals surface area contributed by atoms with Crippen molar-refractivity contribution in [2.45, 2.75) is 38.7 Å². The van der Waals surface area contributed by atoms with Crippen LogP contribution in [-0.2, 0) is 11.3 Å². The fourth-order valence-corrected chi connectivity index (χ4v) is 2.79. The molecule has 1 saturated carbocycles. The van der Waals surface area contributed by atoms with Gasteiger partial charge in [0.2, 0.25) is 0 Å². The Morgan fingerprint density at radius 3 is 2.76 bits per heavy atom. The first-order chi connectivity index (χ1) is 8.11. The lowest BCUT2D eigenvalue weighted by Crippen LogP contribution is -2.10. The molecule has 0 aromatic carbocycles. The van der Waals surface area contributed by atoms with Crippen LogP contribution in [0.1, 0.15) is 43.6 Å². The second kappa shape index (κ2) is 5.48. The van der Waals surface area contributed by atoms with Crippen LogP contribution < -0.4 is 5.73 Å². The molecule has 5 heteroatoms. The third-order valence-corrected chi connectivity index (χ3v) is 4.48. The number of methoxy groups -OCH3 is 1. The summed E-state index contributed by atoms with van der Waals surface area (Å²) in [5, 5.41) is 0. The first kappa shape index (κ1) is 13.0. The van der Waals surface area contributed by atoms with Crippen molar-refractivity contribution in [2.24, 2.45) is 5.92 Å². The van der Waals surface area contributed by atoms with Gasteiger partial charge in [0.15, 0.2) is 0 Å². The Kier molecular flexibility index (Phi) is 4.19.